The molecule has 0 saturated heterocycles. The number of aromatic nitrogens is 1. The molecule has 38 heavy (non-hydrogen) atoms. The first-order valence-corrected chi connectivity index (χ1v) is 12.6. The van der Waals surface area contributed by atoms with Crippen LogP contribution in [0.4, 0.5) is 5.82 Å². The number of anilines is 1. The second-order valence-electron chi connectivity index (χ2n) is 9.03. The number of nitrogens with one attached hydrogen (secondary N) is 3. The third-order valence-electron chi connectivity index (χ3n) is 6.00. The van der Waals surface area contributed by atoms with Crippen LogP contribution in [0.3, 0.4) is 0 Å². The number of amides is 2. The maximum Gasteiger partial charge on any atom is 0.305 e. The number of aliphatic carboxylic acids is 1. The van der Waals surface area contributed by atoms with E-state index in [4.69, 9.17) is 0 Å². The van der Waals surface area contributed by atoms with Crippen molar-refractivity contribution in [3.8, 4) is 11.1 Å². The molecule has 2 aromatic carbocycles. The van der Waals surface area contributed by atoms with E-state index in [-0.39, 0.29) is 18.7 Å². The number of carboxylic acid groups (broad SMARTS) is 1. The van der Waals surface area contributed by atoms with E-state index in [0.717, 1.165) is 23.4 Å². The van der Waals surface area contributed by atoms with Crippen LogP contribution in [0.1, 0.15) is 44.2 Å². The van der Waals surface area contributed by atoms with E-state index >= 15 is 0 Å². The van der Waals surface area contributed by atoms with E-state index in [1.54, 1.807) is 18.3 Å². The van der Waals surface area contributed by atoms with Crippen LogP contribution in [-0.4, -0.2) is 51.7 Å². The fraction of sp³-hybridized carbons (Fsp3) is 0.310. The molecule has 0 spiro atoms. The third-order valence-corrected chi connectivity index (χ3v) is 6.00. The van der Waals surface area contributed by atoms with Crippen molar-refractivity contribution in [3.05, 3.63) is 84.6 Å². The van der Waals surface area contributed by atoms with Crippen LogP contribution in [0.2, 0.25) is 0 Å². The first-order chi connectivity index (χ1) is 18.3. The van der Waals surface area contributed by atoms with E-state index < -0.39 is 30.1 Å². The molecule has 2 unspecified atom stereocenters. The molecule has 0 aliphatic rings. The minimum absolute atomic E-state index is 0.180. The predicted molar refractivity (Wildman–Crippen MR) is 145 cm³/mol. The summed E-state index contributed by atoms with van der Waals surface area (Å²) in [6, 6.07) is 20.5. The number of hydrogen-bond donors (Lipinski definition) is 5. The molecule has 3 atom stereocenters. The molecule has 0 bridgehead atoms. The van der Waals surface area contributed by atoms with E-state index in [1.807, 2.05) is 60.7 Å². The summed E-state index contributed by atoms with van der Waals surface area (Å²) >= 11 is 0. The van der Waals surface area contributed by atoms with Gasteiger partial charge in [-0.05, 0) is 48.6 Å². The third kappa shape index (κ3) is 9.01. The number of aliphatic hydroxyl groups excluding tert-OH is 1. The quantitative estimate of drug-likeness (QED) is 0.206. The SMILES string of the molecule is CC(O)[C@H](NC(=O)CCCCNc1ccccn1)C(=O)NC(CC(=O)O)c1ccc(-c2ccccc2)cc1. The van der Waals surface area contributed by atoms with Crippen molar-refractivity contribution in [2.45, 2.75) is 50.8 Å². The van der Waals surface area contributed by atoms with Gasteiger partial charge in [0.25, 0.3) is 0 Å². The zero-order valence-corrected chi connectivity index (χ0v) is 21.3. The average molecular weight is 519 g/mol. The van der Waals surface area contributed by atoms with Gasteiger partial charge in [-0.2, -0.15) is 0 Å². The highest BCUT2D eigenvalue weighted by Gasteiger charge is 2.28. The molecule has 0 aliphatic carbocycles. The second-order valence-corrected chi connectivity index (χ2v) is 9.03. The summed E-state index contributed by atoms with van der Waals surface area (Å²) in [4.78, 5) is 41.2. The van der Waals surface area contributed by atoms with Crippen molar-refractivity contribution in [2.24, 2.45) is 0 Å². The minimum atomic E-state index is -1.21. The van der Waals surface area contributed by atoms with Crippen LogP contribution >= 0.6 is 0 Å². The smallest absolute Gasteiger partial charge is 0.305 e. The Labute approximate surface area is 222 Å². The summed E-state index contributed by atoms with van der Waals surface area (Å²) in [5.74, 6) is -1.35. The fourth-order valence-electron chi connectivity index (χ4n) is 3.97. The van der Waals surface area contributed by atoms with Crippen LogP contribution in [0.5, 0.6) is 0 Å². The van der Waals surface area contributed by atoms with E-state index in [0.29, 0.717) is 18.5 Å². The summed E-state index contributed by atoms with van der Waals surface area (Å²) in [5.41, 5.74) is 2.58. The summed E-state index contributed by atoms with van der Waals surface area (Å²) in [6.07, 6.45) is 1.65. The number of aliphatic hydroxyl groups is 1. The highest BCUT2D eigenvalue weighted by molar-refractivity contribution is 5.88. The van der Waals surface area contributed by atoms with Gasteiger partial charge in [-0.15, -0.1) is 0 Å². The summed E-state index contributed by atoms with van der Waals surface area (Å²) in [7, 11) is 0. The Bertz CT molecular complexity index is 1170. The van der Waals surface area contributed by atoms with Crippen LogP contribution < -0.4 is 16.0 Å². The summed E-state index contributed by atoms with van der Waals surface area (Å²) in [5, 5.41) is 28.0. The maximum atomic E-state index is 13.0. The lowest BCUT2D eigenvalue weighted by molar-refractivity contribution is -0.138. The molecule has 0 fully saturated rings. The monoisotopic (exact) mass is 518 g/mol. The molecular formula is C29H34N4O5. The normalized spacial score (nSPS) is 13.1. The van der Waals surface area contributed by atoms with Crippen LogP contribution in [0, 0.1) is 0 Å². The van der Waals surface area contributed by atoms with Gasteiger partial charge in [0.15, 0.2) is 0 Å². The predicted octanol–water partition coefficient (Wildman–Crippen LogP) is 3.53. The molecule has 200 valence electrons. The standard InChI is InChI=1S/C29H34N4O5/c1-20(34)28(33-26(35)12-6-8-18-31-25-11-5-7-17-30-25)29(38)32-24(19-27(36)37)23-15-13-22(14-16-23)21-9-3-2-4-10-21/h2-5,7,9-11,13-17,20,24,28,34H,6,8,12,18-19H2,1H3,(H,30,31)(H,32,38)(H,33,35)(H,36,37)/t20?,24?,28-/m0/s1. The summed E-state index contributed by atoms with van der Waals surface area (Å²) < 4.78 is 0. The molecule has 0 aliphatic heterocycles. The number of carbonyl (C=O) groups is 3. The van der Waals surface area contributed by atoms with Gasteiger partial charge >= 0.3 is 5.97 Å². The zero-order valence-electron chi connectivity index (χ0n) is 21.3. The minimum Gasteiger partial charge on any atom is -0.481 e. The summed E-state index contributed by atoms with van der Waals surface area (Å²) in [6.45, 7) is 2.05. The highest BCUT2D eigenvalue weighted by atomic mass is 16.4. The Kier molecular flexibility index (Phi) is 10.8. The number of carboxylic acids is 1. The largest absolute Gasteiger partial charge is 0.481 e. The lowest BCUT2D eigenvalue weighted by Crippen LogP contribution is -2.53. The second kappa shape index (κ2) is 14.5. The number of benzene rings is 2. The zero-order chi connectivity index (χ0) is 27.3. The maximum absolute atomic E-state index is 13.0. The Morgan fingerprint density at radius 2 is 1.55 bits per heavy atom. The van der Waals surface area contributed by atoms with Gasteiger partial charge < -0.3 is 26.2 Å². The molecule has 1 aromatic heterocycles. The van der Waals surface area contributed by atoms with Crippen molar-refractivity contribution in [1.29, 1.82) is 0 Å². The Morgan fingerprint density at radius 1 is 0.868 bits per heavy atom. The van der Waals surface area contributed by atoms with Gasteiger partial charge in [-0.25, -0.2) is 4.98 Å². The Morgan fingerprint density at radius 3 is 2.18 bits per heavy atom. The van der Waals surface area contributed by atoms with E-state index in [9.17, 15) is 24.6 Å². The molecule has 9 nitrogen and oxygen atoms in total. The first-order valence-electron chi connectivity index (χ1n) is 12.6. The van der Waals surface area contributed by atoms with Crippen molar-refractivity contribution in [2.75, 3.05) is 11.9 Å². The molecule has 9 heteroatoms. The van der Waals surface area contributed by atoms with Crippen LogP contribution in [-0.2, 0) is 14.4 Å². The topological polar surface area (TPSA) is 141 Å². The first kappa shape index (κ1) is 28.3. The molecule has 5 N–H and O–H groups in total. The Balaban J connectivity index is 1.55. The van der Waals surface area contributed by atoms with Crippen LogP contribution in [0.15, 0.2) is 79.0 Å². The molecule has 0 radical (unpaired) electrons. The van der Waals surface area contributed by atoms with Crippen molar-refractivity contribution >= 4 is 23.6 Å². The van der Waals surface area contributed by atoms with E-state index in [1.165, 1.54) is 6.92 Å². The molecule has 3 rings (SSSR count). The molecule has 2 amide bonds. The lowest BCUT2D eigenvalue weighted by Gasteiger charge is -2.25. The number of unbranched alkanes of at least 4 members (excludes halogenated alkanes) is 1. The van der Waals surface area contributed by atoms with Gasteiger partial charge in [0, 0.05) is 19.2 Å². The van der Waals surface area contributed by atoms with E-state index in [2.05, 4.69) is 20.9 Å². The number of hydrogen-bond acceptors (Lipinski definition) is 6. The van der Waals surface area contributed by atoms with Gasteiger partial charge in [-0.1, -0.05) is 60.7 Å². The molecule has 0 saturated carbocycles. The highest BCUT2D eigenvalue weighted by Crippen LogP contribution is 2.23. The molecule has 1 heterocycles. The van der Waals surface area contributed by atoms with Gasteiger partial charge in [-0.3, -0.25) is 14.4 Å². The number of rotatable bonds is 14. The Hall–Kier alpha value is -4.24. The van der Waals surface area contributed by atoms with Gasteiger partial charge in [0.1, 0.15) is 11.9 Å². The number of pyridine rings is 1. The van der Waals surface area contributed by atoms with Gasteiger partial charge in [0.2, 0.25) is 11.8 Å². The van der Waals surface area contributed by atoms with Crippen molar-refractivity contribution < 1.29 is 24.6 Å². The molecular weight excluding hydrogens is 484 g/mol. The van der Waals surface area contributed by atoms with Crippen LogP contribution in [0.25, 0.3) is 11.1 Å². The van der Waals surface area contributed by atoms with Crippen molar-refractivity contribution in [1.82, 2.24) is 15.6 Å². The number of nitrogens with zero attached hydrogens (tertiary/aromatic N) is 1. The van der Waals surface area contributed by atoms with Crippen molar-refractivity contribution in [3.63, 3.8) is 0 Å². The lowest BCUT2D eigenvalue weighted by atomic mass is 9.98. The number of carbonyl (C=O) groups excluding carboxylic acids is 2. The van der Waals surface area contributed by atoms with Gasteiger partial charge in [0.05, 0.1) is 18.6 Å². The molecule has 3 aromatic rings. The average Bonchev–Trinajstić information content (AvgIpc) is 2.92. The fourth-order valence-corrected chi connectivity index (χ4v) is 3.97.